The van der Waals surface area contributed by atoms with Gasteiger partial charge < -0.3 is 14.7 Å². The summed E-state index contributed by atoms with van der Waals surface area (Å²) in [5.41, 5.74) is 1.44. The molecule has 0 spiro atoms. The van der Waals surface area contributed by atoms with Crippen molar-refractivity contribution < 1.29 is 14.6 Å². The zero-order chi connectivity index (χ0) is 16.9. The molecule has 2 heterocycles. The van der Waals surface area contributed by atoms with Crippen molar-refractivity contribution in [1.82, 2.24) is 9.88 Å². The summed E-state index contributed by atoms with van der Waals surface area (Å²) in [6.45, 7) is 1.75. The Hall–Kier alpha value is -1.76. The number of hydrogen-bond donors (Lipinski definition) is 1. The molecule has 0 aliphatic carbocycles. The number of likely N-dealkylation sites (tertiary alicyclic amines) is 1. The van der Waals surface area contributed by atoms with Gasteiger partial charge in [-0.15, -0.1) is 11.3 Å². The number of aliphatic hydroxyl groups is 1. The molecule has 1 atom stereocenters. The van der Waals surface area contributed by atoms with Crippen molar-refractivity contribution in [3.8, 4) is 0 Å². The van der Waals surface area contributed by atoms with Crippen LogP contribution in [0.5, 0.6) is 0 Å². The molecule has 0 saturated carbocycles. The van der Waals surface area contributed by atoms with E-state index in [9.17, 15) is 9.90 Å². The fraction of sp³-hybridized carbons (Fsp3) is 0.444. The molecule has 128 valence electrons. The van der Waals surface area contributed by atoms with Gasteiger partial charge in [-0.1, -0.05) is 30.3 Å². The summed E-state index contributed by atoms with van der Waals surface area (Å²) >= 11 is 1.45. The Bertz CT molecular complexity index is 666. The second-order valence-electron chi connectivity index (χ2n) is 6.04. The van der Waals surface area contributed by atoms with Crippen LogP contribution in [0.15, 0.2) is 35.7 Å². The highest BCUT2D eigenvalue weighted by atomic mass is 32.1. The van der Waals surface area contributed by atoms with Gasteiger partial charge in [-0.05, 0) is 24.3 Å². The summed E-state index contributed by atoms with van der Waals surface area (Å²) in [6.07, 6.45) is 1.14. The van der Waals surface area contributed by atoms with E-state index in [-0.39, 0.29) is 11.8 Å². The van der Waals surface area contributed by atoms with Crippen LogP contribution in [0.3, 0.4) is 0 Å². The van der Waals surface area contributed by atoms with E-state index in [1.54, 1.807) is 12.5 Å². The minimum atomic E-state index is -0.462. The maximum Gasteiger partial charge on any atom is 0.273 e. The Labute approximate surface area is 145 Å². The van der Waals surface area contributed by atoms with Crippen LogP contribution in [0.1, 0.15) is 40.0 Å². The van der Waals surface area contributed by atoms with E-state index in [1.165, 1.54) is 11.3 Å². The number of thiazole rings is 1. The predicted octanol–water partition coefficient (Wildman–Crippen LogP) is 2.88. The molecule has 5 nitrogen and oxygen atoms in total. The van der Waals surface area contributed by atoms with Crippen LogP contribution in [-0.2, 0) is 11.3 Å². The molecule has 0 bridgehead atoms. The molecule has 3 rings (SSSR count). The summed E-state index contributed by atoms with van der Waals surface area (Å²) in [6, 6.07) is 9.74. The van der Waals surface area contributed by atoms with E-state index in [1.807, 2.05) is 35.2 Å². The number of carbonyl (C=O) groups is 1. The molecule has 1 amide bonds. The van der Waals surface area contributed by atoms with Crippen molar-refractivity contribution in [2.45, 2.75) is 25.6 Å². The number of hydrogen-bond acceptors (Lipinski definition) is 5. The standard InChI is InChI=1S/C18H22N2O3S/c1-23-11-16-19-15(12-24-16)18(22)20-9-7-14(8-10-20)17(21)13-5-3-2-4-6-13/h2-6,12,14,17,21H,7-11H2,1H3/t17-/m0/s1. The number of aromatic nitrogens is 1. The Kier molecular flexibility index (Phi) is 5.60. The normalized spacial score (nSPS) is 17.0. The third-order valence-corrected chi connectivity index (χ3v) is 5.28. The quantitative estimate of drug-likeness (QED) is 0.904. The van der Waals surface area contributed by atoms with Crippen LogP contribution in [0.25, 0.3) is 0 Å². The van der Waals surface area contributed by atoms with Crippen molar-refractivity contribution in [2.24, 2.45) is 5.92 Å². The predicted molar refractivity (Wildman–Crippen MR) is 92.9 cm³/mol. The molecule has 0 radical (unpaired) electrons. The van der Waals surface area contributed by atoms with Crippen LogP contribution in [0, 0.1) is 5.92 Å². The van der Waals surface area contributed by atoms with Gasteiger partial charge >= 0.3 is 0 Å². The molecular weight excluding hydrogens is 324 g/mol. The Morgan fingerprint density at radius 1 is 1.38 bits per heavy atom. The van der Waals surface area contributed by atoms with Crippen LogP contribution >= 0.6 is 11.3 Å². The third kappa shape index (κ3) is 3.83. The lowest BCUT2D eigenvalue weighted by atomic mass is 9.87. The van der Waals surface area contributed by atoms with Crippen molar-refractivity contribution in [1.29, 1.82) is 0 Å². The topological polar surface area (TPSA) is 62.7 Å². The summed E-state index contributed by atoms with van der Waals surface area (Å²) in [5.74, 6) is 0.164. The average molecular weight is 346 g/mol. The van der Waals surface area contributed by atoms with Gasteiger partial charge in [-0.25, -0.2) is 4.98 Å². The molecule has 24 heavy (non-hydrogen) atoms. The van der Waals surface area contributed by atoms with Gasteiger partial charge in [-0.3, -0.25) is 4.79 Å². The zero-order valence-electron chi connectivity index (χ0n) is 13.7. The molecular formula is C18H22N2O3S. The van der Waals surface area contributed by atoms with Gasteiger partial charge in [-0.2, -0.15) is 0 Å². The number of piperidine rings is 1. The smallest absolute Gasteiger partial charge is 0.273 e. The molecule has 1 aliphatic rings. The lowest BCUT2D eigenvalue weighted by molar-refractivity contribution is 0.0459. The first kappa shape index (κ1) is 17.1. The Balaban J connectivity index is 1.57. The number of benzene rings is 1. The number of methoxy groups -OCH3 is 1. The van der Waals surface area contributed by atoms with Crippen LogP contribution < -0.4 is 0 Å². The third-order valence-electron chi connectivity index (χ3n) is 4.45. The van der Waals surface area contributed by atoms with Crippen LogP contribution in [-0.4, -0.2) is 41.1 Å². The summed E-state index contributed by atoms with van der Waals surface area (Å²) in [7, 11) is 1.62. The molecule has 6 heteroatoms. The fourth-order valence-corrected chi connectivity index (χ4v) is 3.84. The second kappa shape index (κ2) is 7.88. The Morgan fingerprint density at radius 3 is 2.75 bits per heavy atom. The van der Waals surface area contributed by atoms with Gasteiger partial charge in [0.1, 0.15) is 10.7 Å². The summed E-state index contributed by atoms with van der Waals surface area (Å²) in [5, 5.41) is 13.1. The molecule has 1 fully saturated rings. The first-order valence-electron chi connectivity index (χ1n) is 8.14. The number of rotatable bonds is 5. The largest absolute Gasteiger partial charge is 0.388 e. The maximum absolute atomic E-state index is 12.5. The monoisotopic (exact) mass is 346 g/mol. The molecule has 1 aliphatic heterocycles. The second-order valence-corrected chi connectivity index (χ2v) is 6.99. The maximum atomic E-state index is 12.5. The van der Waals surface area contributed by atoms with Crippen LogP contribution in [0.2, 0.25) is 0 Å². The lowest BCUT2D eigenvalue weighted by Gasteiger charge is -2.34. The van der Waals surface area contributed by atoms with Gasteiger partial charge in [0.15, 0.2) is 0 Å². The van der Waals surface area contributed by atoms with Gasteiger partial charge in [0.05, 0.1) is 12.7 Å². The molecule has 1 aromatic heterocycles. The SMILES string of the molecule is COCc1nc(C(=O)N2CCC([C@@H](O)c3ccccc3)CC2)cs1. The van der Waals surface area contributed by atoms with Crippen molar-refractivity contribution in [3.05, 3.63) is 52.0 Å². The molecule has 1 N–H and O–H groups in total. The first-order chi connectivity index (χ1) is 11.7. The van der Waals surface area contributed by atoms with Crippen molar-refractivity contribution in [2.75, 3.05) is 20.2 Å². The van der Waals surface area contributed by atoms with E-state index in [2.05, 4.69) is 4.98 Å². The number of amides is 1. The molecule has 0 unspecified atom stereocenters. The average Bonchev–Trinajstić information content (AvgIpc) is 3.10. The highest BCUT2D eigenvalue weighted by Gasteiger charge is 2.29. The first-order valence-corrected chi connectivity index (χ1v) is 9.02. The number of carbonyl (C=O) groups excluding carboxylic acids is 1. The van der Waals surface area contributed by atoms with Gasteiger partial charge in [0, 0.05) is 25.6 Å². The Morgan fingerprint density at radius 2 is 2.08 bits per heavy atom. The number of ether oxygens (including phenoxy) is 1. The van der Waals surface area contributed by atoms with E-state index >= 15 is 0 Å². The molecule has 1 aromatic carbocycles. The van der Waals surface area contributed by atoms with Crippen molar-refractivity contribution in [3.63, 3.8) is 0 Å². The van der Waals surface area contributed by atoms with Crippen LogP contribution in [0.4, 0.5) is 0 Å². The number of aliphatic hydroxyl groups excluding tert-OH is 1. The minimum absolute atomic E-state index is 0.0266. The van der Waals surface area contributed by atoms with E-state index < -0.39 is 6.10 Å². The van der Waals surface area contributed by atoms with E-state index in [0.29, 0.717) is 25.4 Å². The highest BCUT2D eigenvalue weighted by Crippen LogP contribution is 2.31. The summed E-state index contributed by atoms with van der Waals surface area (Å²) < 4.78 is 5.04. The van der Waals surface area contributed by atoms with E-state index in [0.717, 1.165) is 23.4 Å². The summed E-state index contributed by atoms with van der Waals surface area (Å²) in [4.78, 5) is 18.7. The zero-order valence-corrected chi connectivity index (χ0v) is 14.5. The lowest BCUT2D eigenvalue weighted by Crippen LogP contribution is -2.40. The van der Waals surface area contributed by atoms with Crippen molar-refractivity contribution >= 4 is 17.2 Å². The van der Waals surface area contributed by atoms with Gasteiger partial charge in [0.25, 0.3) is 5.91 Å². The van der Waals surface area contributed by atoms with E-state index in [4.69, 9.17) is 4.74 Å². The minimum Gasteiger partial charge on any atom is -0.388 e. The van der Waals surface area contributed by atoms with Gasteiger partial charge in [0.2, 0.25) is 0 Å². The molecule has 1 saturated heterocycles. The molecule has 2 aromatic rings. The highest BCUT2D eigenvalue weighted by molar-refractivity contribution is 7.09. The fourth-order valence-electron chi connectivity index (χ4n) is 3.10. The number of nitrogens with zero attached hydrogens (tertiary/aromatic N) is 2.